The van der Waals surface area contributed by atoms with E-state index in [1.807, 2.05) is 0 Å². The van der Waals surface area contributed by atoms with Crippen molar-refractivity contribution in [3.8, 4) is 0 Å². The minimum Gasteiger partial charge on any atom is -0.791 e. The quantitative estimate of drug-likeness (QED) is 0.456. The van der Waals surface area contributed by atoms with Crippen molar-refractivity contribution in [2.45, 2.75) is 6.92 Å². The molecule has 8 heavy (non-hydrogen) atoms. The van der Waals surface area contributed by atoms with Gasteiger partial charge in [0.15, 0.2) is 0 Å². The van der Waals surface area contributed by atoms with Crippen LogP contribution < -0.4 is 0 Å². The van der Waals surface area contributed by atoms with E-state index in [0.29, 0.717) is 0 Å². The zero-order valence-electron chi connectivity index (χ0n) is 4.89. The number of nitrogens with zero attached hydrogens (tertiary/aromatic N) is 2. The molecule has 1 radical (unpaired) electrons. The Morgan fingerprint density at radius 1 is 1.50 bits per heavy atom. The molecule has 0 aliphatic carbocycles. The number of carbonyl (C=O) groups is 1. The zero-order valence-corrected chi connectivity index (χ0v) is 14.0. The van der Waals surface area contributed by atoms with Gasteiger partial charge in [0.1, 0.15) is 0 Å². The van der Waals surface area contributed by atoms with Gasteiger partial charge >= 0.3 is 0 Å². The van der Waals surface area contributed by atoms with Crippen LogP contribution >= 0.6 is 0 Å². The van der Waals surface area contributed by atoms with Crippen LogP contribution in [0.4, 0.5) is 0 Å². The van der Waals surface area contributed by atoms with Gasteiger partial charge in [-0.05, 0) is 6.92 Å². The van der Waals surface area contributed by atoms with E-state index < -0.39 is 0 Å². The van der Waals surface area contributed by atoms with Crippen molar-refractivity contribution in [1.82, 2.24) is 0 Å². The number of hydrogen-bond acceptors (Lipinski definition) is 1. The van der Waals surface area contributed by atoms with Crippen LogP contribution in [0.1, 0.15) is 6.92 Å². The van der Waals surface area contributed by atoms with Gasteiger partial charge in [-0.2, -0.15) is 7.05 Å². The van der Waals surface area contributed by atoms with Gasteiger partial charge < -0.3 is 15.6 Å². The van der Waals surface area contributed by atoms with Gasteiger partial charge in [-0.3, -0.25) is 0 Å². The topological polar surface area (TPSA) is 45.3 Å². The Labute approximate surface area is 56.5 Å². The minimum atomic E-state index is -0.252. The zero-order chi connectivity index (χ0) is 4.99. The molecule has 0 aromatic heterocycles. The third kappa shape index (κ3) is 19.5. The molecule has 0 N–H and O–H groups in total. The van der Waals surface area contributed by atoms with Gasteiger partial charge in [0.2, 0.25) is 0 Å². The second-order valence-corrected chi connectivity index (χ2v) is 0.819. The second kappa shape index (κ2) is 9.43. The van der Waals surface area contributed by atoms with Gasteiger partial charge in [-0.15, -0.1) is 0 Å². The van der Waals surface area contributed by atoms with E-state index in [0.717, 1.165) is 0 Å². The van der Waals surface area contributed by atoms with Gasteiger partial charge in [0.25, 0.3) is 0 Å². The van der Waals surface area contributed by atoms with E-state index in [2.05, 4.69) is 10.9 Å². The third-order valence-electron chi connectivity index (χ3n) is 0.241. The van der Waals surface area contributed by atoms with E-state index in [1.165, 1.54) is 14.0 Å². The Balaban J connectivity index is -0.000000125. The molecule has 0 fully saturated rings. The summed E-state index contributed by atoms with van der Waals surface area (Å²) in [7, 11) is 1.46. The summed E-state index contributed by atoms with van der Waals surface area (Å²) in [6.45, 7) is 1.35. The van der Waals surface area contributed by atoms with Crippen molar-refractivity contribution in [3.05, 3.63) is 10.9 Å². The predicted octanol–water partition coefficient (Wildman–Crippen LogP) is 0.823. The van der Waals surface area contributed by atoms with Crippen LogP contribution in [0.15, 0.2) is 0 Å². The molecular weight excluding hydrogens is 533 g/mol. The monoisotopic (exact) mass is 540 g/mol. The Kier molecular flexibility index (Phi) is 18.5. The smallest absolute Gasteiger partial charge is 0.0279 e. The first-order valence-electron chi connectivity index (χ1n) is 1.57. The summed E-state index contributed by atoms with van der Waals surface area (Å²) in [5.41, 5.74) is 6.32. The van der Waals surface area contributed by atoms with E-state index in [4.69, 9.17) is 0 Å². The van der Waals surface area contributed by atoms with Gasteiger partial charge in [-0.1, -0.05) is 0 Å². The average Bonchev–Trinajstić information content (AvgIpc) is 1.35. The molecule has 0 unspecified atom stereocenters. The van der Waals surface area contributed by atoms with Crippen LogP contribution in [0.3, 0.4) is 0 Å². The summed E-state index contributed by atoms with van der Waals surface area (Å²) in [4.78, 5) is 9.78. The molecule has 0 spiro atoms. The molecule has 0 aliphatic rings. The van der Waals surface area contributed by atoms with Crippen LogP contribution in [0.5, 0.6) is 0 Å². The molecule has 0 aromatic carbocycles. The maximum Gasteiger partial charge on any atom is 0.0279 e. The number of carbonyl (C=O) groups excluding carboxylic acids is 1. The molecule has 0 saturated heterocycles. The van der Waals surface area contributed by atoms with Crippen LogP contribution in [-0.2, 0) is 25.2 Å². The van der Waals surface area contributed by atoms with Gasteiger partial charge in [0.05, 0.1) is 0 Å². The molecule has 0 heterocycles. The van der Waals surface area contributed by atoms with Crippen LogP contribution in [-0.4, -0.2) is 13.0 Å². The third-order valence-corrected chi connectivity index (χ3v) is 0.241. The standard InChI is InChI=1S/C3H6N2O.Re.Rf/c1-3(6)5-4-2;;/h1-2H3;;/q-2;;. The van der Waals surface area contributed by atoms with Crippen molar-refractivity contribution < 1.29 is 25.2 Å². The van der Waals surface area contributed by atoms with Crippen LogP contribution in [0.2, 0.25) is 0 Å². The van der Waals surface area contributed by atoms with Crippen molar-refractivity contribution in [2.24, 2.45) is 0 Å². The largest absolute Gasteiger partial charge is 0.791 e. The Hall–Kier alpha value is -0.908. The molecule has 5 heteroatoms. The van der Waals surface area contributed by atoms with E-state index in [9.17, 15) is 4.79 Å². The maximum atomic E-state index is 9.78. The number of hydrogen-bond donors (Lipinski definition) is 0. The number of amides is 1. The van der Waals surface area contributed by atoms with Gasteiger partial charge in [0, 0.05) is 26.3 Å². The average molecular weight is 539 g/mol. The molecule has 0 bridgehead atoms. The Bertz CT molecular complexity index is 61.2. The molecule has 0 rings (SSSR count). The van der Waals surface area contributed by atoms with Crippen molar-refractivity contribution in [3.63, 3.8) is 0 Å². The Morgan fingerprint density at radius 3 is 1.88 bits per heavy atom. The maximum absolute atomic E-state index is 9.78. The fourth-order valence-electron chi connectivity index (χ4n) is 0.141. The first-order valence-corrected chi connectivity index (χ1v) is 1.57. The van der Waals surface area contributed by atoms with E-state index in [1.54, 1.807) is 0 Å². The SMILES string of the molecule is C[N-][N-]C(C)=O.[Re].[Rf]. The summed E-state index contributed by atoms with van der Waals surface area (Å²) in [5.74, 6) is -0.252. The van der Waals surface area contributed by atoms with Crippen molar-refractivity contribution in [2.75, 3.05) is 7.05 Å². The summed E-state index contributed by atoms with van der Waals surface area (Å²) in [6, 6.07) is 0. The minimum absolute atomic E-state index is 0. The first-order chi connectivity index (χ1) is 2.77. The fourth-order valence-corrected chi connectivity index (χ4v) is 0.141. The molecule has 0 atom stereocenters. The summed E-state index contributed by atoms with van der Waals surface area (Å²) in [6.07, 6.45) is 0. The predicted molar refractivity (Wildman–Crippen MR) is 23.3 cm³/mol. The van der Waals surface area contributed by atoms with Crippen LogP contribution in [0.25, 0.3) is 10.9 Å². The second-order valence-electron chi connectivity index (χ2n) is 0.819. The Morgan fingerprint density at radius 2 is 1.88 bits per heavy atom. The molecule has 1 amide bonds. The summed E-state index contributed by atoms with van der Waals surface area (Å²) >= 11 is 0. The van der Waals surface area contributed by atoms with Crippen LogP contribution in [0, 0.1) is 0 Å². The summed E-state index contributed by atoms with van der Waals surface area (Å²) < 4.78 is 0. The molecule has 3 nitrogen and oxygen atoms in total. The summed E-state index contributed by atoms with van der Waals surface area (Å²) in [5, 5.41) is 0. The number of rotatable bonds is 1. The molecule has 0 saturated carbocycles. The first kappa shape index (κ1) is 15.7. The molecular formula is C3H6N2OReRf-2. The normalized spacial score (nSPS) is 5.75. The fraction of sp³-hybridized carbons (Fsp3) is 0.667. The van der Waals surface area contributed by atoms with E-state index >= 15 is 0 Å². The molecule has 45 valence electrons. The van der Waals surface area contributed by atoms with Gasteiger partial charge in [-0.25, -0.2) is 0 Å². The van der Waals surface area contributed by atoms with Crippen molar-refractivity contribution in [1.29, 1.82) is 0 Å². The molecule has 0 aliphatic heterocycles. The molecule has 0 aromatic rings. The van der Waals surface area contributed by atoms with E-state index in [-0.39, 0.29) is 26.3 Å². The van der Waals surface area contributed by atoms with Crippen molar-refractivity contribution >= 4 is 5.91 Å².